The number of aryl methyl sites for hydroxylation is 1. The topological polar surface area (TPSA) is 94.2 Å². The summed E-state index contributed by atoms with van der Waals surface area (Å²) < 4.78 is 15.4. The summed E-state index contributed by atoms with van der Waals surface area (Å²) in [5.41, 5.74) is 2.34. The Labute approximate surface area is 222 Å². The molecule has 1 saturated heterocycles. The van der Waals surface area contributed by atoms with Gasteiger partial charge in [0.05, 0.1) is 20.3 Å². The lowest BCUT2D eigenvalue weighted by Gasteiger charge is -2.35. The van der Waals surface area contributed by atoms with Gasteiger partial charge in [-0.3, -0.25) is 4.79 Å². The van der Waals surface area contributed by atoms with Gasteiger partial charge in [-0.15, -0.1) is 11.3 Å². The standard InChI is InChI=1S/C28H36N2O6S/c1-18(30(21-14-15-21)26(31)22-12-7-13-23(36-22)27(32)34-2)24-17-20(11-8-16-29-28(33)35-3)25(37-24)19-9-5-4-6-10-19/h4-6,9-10,17-18,21-23H,7-8,11-16H2,1-3H3,(H,29,33)/t18-,22-,23+/m1/s1. The van der Waals surface area contributed by atoms with Crippen molar-refractivity contribution in [3.8, 4) is 10.4 Å². The number of benzene rings is 1. The van der Waals surface area contributed by atoms with Gasteiger partial charge in [-0.05, 0) is 69.1 Å². The molecular formula is C28H36N2O6S. The summed E-state index contributed by atoms with van der Waals surface area (Å²) in [7, 11) is 2.70. The van der Waals surface area contributed by atoms with Gasteiger partial charge in [0, 0.05) is 22.3 Å². The number of thiophene rings is 1. The molecule has 2 fully saturated rings. The number of alkyl carbamates (subject to hydrolysis) is 1. The number of ether oxygens (including phenoxy) is 3. The van der Waals surface area contributed by atoms with Gasteiger partial charge in [-0.1, -0.05) is 30.3 Å². The van der Waals surface area contributed by atoms with Crippen molar-refractivity contribution in [2.75, 3.05) is 20.8 Å². The largest absolute Gasteiger partial charge is 0.467 e. The van der Waals surface area contributed by atoms with Crippen LogP contribution >= 0.6 is 11.3 Å². The van der Waals surface area contributed by atoms with Crippen LogP contribution in [-0.4, -0.2) is 61.9 Å². The summed E-state index contributed by atoms with van der Waals surface area (Å²) in [5.74, 6) is -0.456. The minimum atomic E-state index is -0.680. The molecule has 8 nitrogen and oxygen atoms in total. The fourth-order valence-electron chi connectivity index (χ4n) is 4.87. The molecule has 200 valence electrons. The van der Waals surface area contributed by atoms with Crippen LogP contribution in [-0.2, 0) is 30.2 Å². The lowest BCUT2D eigenvalue weighted by molar-refractivity contribution is -0.171. The third-order valence-electron chi connectivity index (χ3n) is 6.97. The molecule has 2 aliphatic rings. The Balaban J connectivity index is 1.54. The van der Waals surface area contributed by atoms with E-state index in [1.807, 2.05) is 23.1 Å². The first-order valence-electron chi connectivity index (χ1n) is 13.0. The molecule has 37 heavy (non-hydrogen) atoms. The Kier molecular flexibility index (Phi) is 9.21. The lowest BCUT2D eigenvalue weighted by atomic mass is 10.0. The maximum Gasteiger partial charge on any atom is 0.406 e. The van der Waals surface area contributed by atoms with E-state index in [1.165, 1.54) is 24.7 Å². The van der Waals surface area contributed by atoms with Crippen molar-refractivity contribution in [2.24, 2.45) is 0 Å². The number of esters is 1. The maximum absolute atomic E-state index is 13.7. The van der Waals surface area contributed by atoms with Crippen molar-refractivity contribution in [2.45, 2.75) is 76.2 Å². The quantitative estimate of drug-likeness (QED) is 0.349. The summed E-state index contributed by atoms with van der Waals surface area (Å²) in [6, 6.07) is 12.5. The van der Waals surface area contributed by atoms with Crippen LogP contribution in [0.15, 0.2) is 36.4 Å². The van der Waals surface area contributed by atoms with Crippen LogP contribution in [0.2, 0.25) is 0 Å². The molecule has 1 aliphatic carbocycles. The molecule has 9 heteroatoms. The highest BCUT2D eigenvalue weighted by molar-refractivity contribution is 7.15. The summed E-state index contributed by atoms with van der Waals surface area (Å²) >= 11 is 1.72. The van der Waals surface area contributed by atoms with Crippen molar-refractivity contribution in [3.05, 3.63) is 46.8 Å². The number of hydrogen-bond donors (Lipinski definition) is 1. The van der Waals surface area contributed by atoms with Gasteiger partial charge in [-0.25, -0.2) is 9.59 Å². The maximum atomic E-state index is 13.7. The normalized spacial score (nSPS) is 20.1. The molecule has 0 radical (unpaired) electrons. The monoisotopic (exact) mass is 528 g/mol. The zero-order valence-corrected chi connectivity index (χ0v) is 22.6. The van der Waals surface area contributed by atoms with Crippen LogP contribution in [0.4, 0.5) is 4.79 Å². The number of carbonyl (C=O) groups is 3. The molecule has 3 atom stereocenters. The number of carbonyl (C=O) groups excluding carboxylic acids is 3. The smallest absolute Gasteiger partial charge is 0.406 e. The first-order valence-corrected chi connectivity index (χ1v) is 13.8. The van der Waals surface area contributed by atoms with Crippen LogP contribution in [0.1, 0.15) is 61.9 Å². The van der Waals surface area contributed by atoms with Gasteiger partial charge in [-0.2, -0.15) is 0 Å². The predicted octanol–water partition coefficient (Wildman–Crippen LogP) is 4.87. The highest BCUT2D eigenvalue weighted by Crippen LogP contribution is 2.42. The summed E-state index contributed by atoms with van der Waals surface area (Å²) in [6.07, 6.45) is 3.73. The van der Waals surface area contributed by atoms with Crippen LogP contribution in [0.5, 0.6) is 0 Å². The number of rotatable bonds is 10. The van der Waals surface area contributed by atoms with Gasteiger partial charge in [0.15, 0.2) is 6.10 Å². The Morgan fingerprint density at radius 2 is 1.81 bits per heavy atom. The molecule has 1 saturated carbocycles. The summed E-state index contributed by atoms with van der Waals surface area (Å²) in [6.45, 7) is 2.61. The Hall–Kier alpha value is -2.91. The molecule has 1 N–H and O–H groups in total. The highest BCUT2D eigenvalue weighted by atomic mass is 32.1. The minimum Gasteiger partial charge on any atom is -0.467 e. The van der Waals surface area contributed by atoms with E-state index >= 15 is 0 Å². The van der Waals surface area contributed by atoms with E-state index in [1.54, 1.807) is 11.3 Å². The van der Waals surface area contributed by atoms with Crippen molar-refractivity contribution in [1.82, 2.24) is 10.2 Å². The van der Waals surface area contributed by atoms with Gasteiger partial charge in [0.25, 0.3) is 5.91 Å². The van der Waals surface area contributed by atoms with Crippen molar-refractivity contribution < 1.29 is 28.6 Å². The van der Waals surface area contributed by atoms with Gasteiger partial charge in [0.2, 0.25) is 0 Å². The first-order chi connectivity index (χ1) is 17.9. The minimum absolute atomic E-state index is 0.0397. The van der Waals surface area contributed by atoms with Gasteiger partial charge < -0.3 is 24.4 Å². The Morgan fingerprint density at radius 1 is 1.08 bits per heavy atom. The molecule has 1 aliphatic heterocycles. The van der Waals surface area contributed by atoms with Gasteiger partial charge >= 0.3 is 12.1 Å². The molecule has 2 heterocycles. The number of nitrogens with one attached hydrogen (secondary N) is 1. The molecule has 4 rings (SSSR count). The van der Waals surface area contributed by atoms with Crippen LogP contribution in [0.3, 0.4) is 0 Å². The van der Waals surface area contributed by atoms with Crippen LogP contribution in [0, 0.1) is 0 Å². The average Bonchev–Trinajstić information content (AvgIpc) is 3.68. The second-order valence-electron chi connectivity index (χ2n) is 9.61. The molecule has 0 spiro atoms. The molecule has 0 unspecified atom stereocenters. The van der Waals surface area contributed by atoms with Crippen molar-refractivity contribution in [3.63, 3.8) is 0 Å². The second kappa shape index (κ2) is 12.6. The SMILES string of the molecule is COC(=O)NCCCc1cc([C@@H](C)N(C(=O)[C@H]2CCC[C@@H](C(=O)OC)O2)C2CC2)sc1-c1ccccc1. The number of methoxy groups -OCH3 is 2. The molecule has 0 bridgehead atoms. The van der Waals surface area contributed by atoms with Gasteiger partial charge in [0.1, 0.15) is 6.10 Å². The van der Waals surface area contributed by atoms with Crippen molar-refractivity contribution in [1.29, 1.82) is 0 Å². The van der Waals surface area contributed by atoms with Crippen LogP contribution < -0.4 is 5.32 Å². The molecular weight excluding hydrogens is 492 g/mol. The highest BCUT2D eigenvalue weighted by Gasteiger charge is 2.42. The predicted molar refractivity (Wildman–Crippen MR) is 141 cm³/mol. The molecule has 1 aromatic heterocycles. The average molecular weight is 529 g/mol. The van der Waals surface area contributed by atoms with E-state index in [-0.39, 0.29) is 18.0 Å². The van der Waals surface area contributed by atoms with E-state index in [9.17, 15) is 14.4 Å². The molecule has 1 aromatic carbocycles. The fourth-order valence-corrected chi connectivity index (χ4v) is 6.14. The number of amides is 2. The Bertz CT molecular complexity index is 1080. The van der Waals surface area contributed by atoms with E-state index < -0.39 is 24.3 Å². The Morgan fingerprint density at radius 3 is 2.49 bits per heavy atom. The second-order valence-corrected chi connectivity index (χ2v) is 10.7. The summed E-state index contributed by atoms with van der Waals surface area (Å²) in [5, 5.41) is 2.74. The number of hydrogen-bond acceptors (Lipinski definition) is 7. The van der Waals surface area contributed by atoms with E-state index in [2.05, 4.69) is 35.2 Å². The van der Waals surface area contributed by atoms with Crippen molar-refractivity contribution >= 4 is 29.3 Å². The van der Waals surface area contributed by atoms with E-state index in [4.69, 9.17) is 9.47 Å². The zero-order chi connectivity index (χ0) is 26.4. The first kappa shape index (κ1) is 27.1. The zero-order valence-electron chi connectivity index (χ0n) is 21.7. The molecule has 2 aromatic rings. The summed E-state index contributed by atoms with van der Waals surface area (Å²) in [4.78, 5) is 41.5. The fraction of sp³-hybridized carbons (Fsp3) is 0.536. The van der Waals surface area contributed by atoms with E-state index in [0.717, 1.165) is 42.5 Å². The van der Waals surface area contributed by atoms with E-state index in [0.29, 0.717) is 19.4 Å². The lowest BCUT2D eigenvalue weighted by Crippen LogP contribution is -2.47. The number of nitrogens with zero attached hydrogens (tertiary/aromatic N) is 1. The third kappa shape index (κ3) is 6.70. The van der Waals surface area contributed by atoms with Crippen LogP contribution in [0.25, 0.3) is 10.4 Å². The third-order valence-corrected chi connectivity index (χ3v) is 8.36. The molecule has 2 amide bonds.